The van der Waals surface area contributed by atoms with Crippen LogP contribution in [0.2, 0.25) is 0 Å². The first-order chi connectivity index (χ1) is 10.3. The second kappa shape index (κ2) is 7.73. The molecule has 0 N–H and O–H groups in total. The van der Waals surface area contributed by atoms with Crippen LogP contribution in [0.15, 0.2) is 24.3 Å². The number of hydrogen-bond acceptors (Lipinski definition) is 5. The van der Waals surface area contributed by atoms with Crippen molar-refractivity contribution in [1.29, 1.82) is 0 Å². The normalized spacial score (nSPS) is 10.9. The molecule has 0 radical (unpaired) electrons. The second-order valence-corrected chi connectivity index (χ2v) is 5.24. The van der Waals surface area contributed by atoms with Crippen LogP contribution in [-0.2, 0) is 19.1 Å². The minimum atomic E-state index is -1.63. The Kier molecular flexibility index (Phi) is 6.28. The molecule has 0 aromatic heterocycles. The van der Waals surface area contributed by atoms with Gasteiger partial charge in [-0.2, -0.15) is 0 Å². The lowest BCUT2D eigenvalue weighted by molar-refractivity contribution is -0.170. The summed E-state index contributed by atoms with van der Waals surface area (Å²) < 4.78 is 9.88. The highest BCUT2D eigenvalue weighted by Gasteiger charge is 2.46. The number of ketones is 1. The zero-order valence-corrected chi connectivity index (χ0v) is 13.5. The van der Waals surface area contributed by atoms with Crippen LogP contribution in [0.1, 0.15) is 43.1 Å². The third-order valence-electron chi connectivity index (χ3n) is 3.34. The van der Waals surface area contributed by atoms with Crippen molar-refractivity contribution in [3.05, 3.63) is 35.4 Å². The van der Waals surface area contributed by atoms with Crippen molar-refractivity contribution in [2.24, 2.45) is 5.41 Å². The van der Waals surface area contributed by atoms with Crippen LogP contribution < -0.4 is 0 Å². The molecular formula is C17H22O5. The summed E-state index contributed by atoms with van der Waals surface area (Å²) in [6.07, 6.45) is -0.284. The zero-order chi connectivity index (χ0) is 16.8. The van der Waals surface area contributed by atoms with Crippen molar-refractivity contribution < 1.29 is 23.9 Å². The lowest BCUT2D eigenvalue weighted by Crippen LogP contribution is -2.41. The van der Waals surface area contributed by atoms with Gasteiger partial charge in [0.05, 0.1) is 13.2 Å². The van der Waals surface area contributed by atoms with Crippen molar-refractivity contribution in [2.75, 3.05) is 13.2 Å². The van der Waals surface area contributed by atoms with Gasteiger partial charge in [-0.05, 0) is 27.7 Å². The minimum absolute atomic E-state index is 0.131. The maximum atomic E-state index is 12.4. The van der Waals surface area contributed by atoms with Gasteiger partial charge in [0.25, 0.3) is 0 Å². The van der Waals surface area contributed by atoms with Crippen molar-refractivity contribution >= 4 is 17.7 Å². The molecule has 0 aliphatic carbocycles. The fourth-order valence-electron chi connectivity index (χ4n) is 1.97. The zero-order valence-electron chi connectivity index (χ0n) is 13.5. The Morgan fingerprint density at radius 2 is 1.41 bits per heavy atom. The Hall–Kier alpha value is -2.17. The maximum Gasteiger partial charge on any atom is 0.323 e. The van der Waals surface area contributed by atoms with Crippen molar-refractivity contribution in [3.8, 4) is 0 Å². The van der Waals surface area contributed by atoms with Crippen molar-refractivity contribution in [2.45, 2.75) is 34.1 Å². The standard InChI is InChI=1S/C17H22O5/c1-5-21-15(19)17(4,16(20)22-6-2)11-14(18)13-9-7-12(3)8-10-13/h7-10H,5-6,11H2,1-4H3. The predicted octanol–water partition coefficient (Wildman–Crippen LogP) is 2.70. The van der Waals surface area contributed by atoms with Gasteiger partial charge in [-0.1, -0.05) is 29.8 Å². The van der Waals surface area contributed by atoms with Crippen LogP contribution in [0.3, 0.4) is 0 Å². The van der Waals surface area contributed by atoms with E-state index in [1.54, 1.807) is 38.1 Å². The Bertz CT molecular complexity index is 527. The molecule has 5 nitrogen and oxygen atoms in total. The second-order valence-electron chi connectivity index (χ2n) is 5.24. The van der Waals surface area contributed by atoms with Gasteiger partial charge in [-0.15, -0.1) is 0 Å². The number of Topliss-reactive ketones (excluding diaryl/α,β-unsaturated/α-hetero) is 1. The molecule has 120 valence electrons. The molecule has 1 aromatic carbocycles. The molecule has 0 fully saturated rings. The number of hydrogen-bond donors (Lipinski definition) is 0. The lowest BCUT2D eigenvalue weighted by atomic mass is 9.83. The first kappa shape index (κ1) is 17.9. The largest absolute Gasteiger partial charge is 0.465 e. The molecule has 0 amide bonds. The Labute approximate surface area is 130 Å². The SMILES string of the molecule is CCOC(=O)C(C)(CC(=O)c1ccc(C)cc1)C(=O)OCC. The molecule has 0 saturated heterocycles. The van der Waals surface area contributed by atoms with Gasteiger partial charge in [-0.3, -0.25) is 14.4 Å². The Morgan fingerprint density at radius 1 is 0.955 bits per heavy atom. The molecule has 5 heteroatoms. The highest BCUT2D eigenvalue weighted by molar-refractivity contribution is 6.07. The summed E-state index contributed by atoms with van der Waals surface area (Å²) in [6, 6.07) is 6.96. The fourth-order valence-corrected chi connectivity index (χ4v) is 1.97. The Balaban J connectivity index is 3.01. The van der Waals surface area contributed by atoms with Crippen LogP contribution in [0.25, 0.3) is 0 Å². The monoisotopic (exact) mass is 306 g/mol. The van der Waals surface area contributed by atoms with Gasteiger partial charge in [-0.25, -0.2) is 0 Å². The van der Waals surface area contributed by atoms with Crippen LogP contribution in [0, 0.1) is 12.3 Å². The third kappa shape index (κ3) is 4.16. The highest BCUT2D eigenvalue weighted by atomic mass is 16.6. The number of esters is 2. The first-order valence-corrected chi connectivity index (χ1v) is 7.29. The third-order valence-corrected chi connectivity index (χ3v) is 3.34. The van der Waals surface area contributed by atoms with E-state index in [9.17, 15) is 14.4 Å². The van der Waals surface area contributed by atoms with Gasteiger partial charge < -0.3 is 9.47 Å². The van der Waals surface area contributed by atoms with Crippen LogP contribution >= 0.6 is 0 Å². The maximum absolute atomic E-state index is 12.4. The number of carbonyl (C=O) groups excluding carboxylic acids is 3. The van der Waals surface area contributed by atoms with E-state index >= 15 is 0 Å². The van der Waals surface area contributed by atoms with E-state index in [1.165, 1.54) is 6.92 Å². The van der Waals surface area contributed by atoms with Gasteiger partial charge in [0.1, 0.15) is 0 Å². The van der Waals surface area contributed by atoms with Crippen LogP contribution in [-0.4, -0.2) is 30.9 Å². The highest BCUT2D eigenvalue weighted by Crippen LogP contribution is 2.28. The number of aryl methyl sites for hydroxylation is 1. The van der Waals surface area contributed by atoms with E-state index in [-0.39, 0.29) is 25.4 Å². The molecule has 0 spiro atoms. The summed E-state index contributed by atoms with van der Waals surface area (Å²) in [7, 11) is 0. The molecule has 0 unspecified atom stereocenters. The minimum Gasteiger partial charge on any atom is -0.465 e. The van der Waals surface area contributed by atoms with E-state index in [4.69, 9.17) is 9.47 Å². The van der Waals surface area contributed by atoms with Crippen molar-refractivity contribution in [3.63, 3.8) is 0 Å². The fraction of sp³-hybridized carbons (Fsp3) is 0.471. The Morgan fingerprint density at radius 3 is 1.82 bits per heavy atom. The van der Waals surface area contributed by atoms with E-state index in [0.717, 1.165) is 5.56 Å². The molecule has 1 rings (SSSR count). The van der Waals surface area contributed by atoms with E-state index in [2.05, 4.69) is 0 Å². The summed E-state index contributed by atoms with van der Waals surface area (Å²) in [5.74, 6) is -1.79. The van der Waals surface area contributed by atoms with E-state index in [1.807, 2.05) is 6.92 Å². The van der Waals surface area contributed by atoms with Crippen LogP contribution in [0.4, 0.5) is 0 Å². The van der Waals surface area contributed by atoms with E-state index < -0.39 is 17.4 Å². The molecule has 1 aromatic rings. The topological polar surface area (TPSA) is 69.7 Å². The number of rotatable bonds is 7. The summed E-state index contributed by atoms with van der Waals surface area (Å²) in [4.78, 5) is 36.6. The number of carbonyl (C=O) groups is 3. The predicted molar refractivity (Wildman–Crippen MR) is 81.5 cm³/mol. The summed E-state index contributed by atoms with van der Waals surface area (Å²) in [6.45, 7) is 6.85. The lowest BCUT2D eigenvalue weighted by Gasteiger charge is -2.24. The molecule has 0 atom stereocenters. The first-order valence-electron chi connectivity index (χ1n) is 7.29. The molecule has 0 heterocycles. The summed E-state index contributed by atoms with van der Waals surface area (Å²) >= 11 is 0. The average Bonchev–Trinajstić information content (AvgIpc) is 2.48. The smallest absolute Gasteiger partial charge is 0.323 e. The van der Waals surface area contributed by atoms with Crippen molar-refractivity contribution in [1.82, 2.24) is 0 Å². The van der Waals surface area contributed by atoms with Gasteiger partial charge in [0, 0.05) is 12.0 Å². The van der Waals surface area contributed by atoms with Gasteiger partial charge in [0.2, 0.25) is 0 Å². The van der Waals surface area contributed by atoms with E-state index in [0.29, 0.717) is 5.56 Å². The molecule has 22 heavy (non-hydrogen) atoms. The number of benzene rings is 1. The molecule has 0 saturated carbocycles. The van der Waals surface area contributed by atoms with Gasteiger partial charge >= 0.3 is 11.9 Å². The number of ether oxygens (including phenoxy) is 2. The molecule has 0 aliphatic rings. The average molecular weight is 306 g/mol. The van der Waals surface area contributed by atoms with Gasteiger partial charge in [0.15, 0.2) is 11.2 Å². The quantitative estimate of drug-likeness (QED) is 0.440. The summed E-state index contributed by atoms with van der Waals surface area (Å²) in [5.41, 5.74) is -0.158. The van der Waals surface area contributed by atoms with Crippen LogP contribution in [0.5, 0.6) is 0 Å². The molecule has 0 aliphatic heterocycles. The summed E-state index contributed by atoms with van der Waals surface area (Å²) in [5, 5.41) is 0. The molecular weight excluding hydrogens is 284 g/mol. The molecule has 0 bridgehead atoms.